The number of oxime groups is 1. The molecule has 2 fully saturated rings. The lowest BCUT2D eigenvalue weighted by Gasteiger charge is -2.10. The number of fused-ring (bicyclic) bond motifs is 1. The fourth-order valence-electron chi connectivity index (χ4n) is 3.43. The van der Waals surface area contributed by atoms with Gasteiger partial charge in [0.2, 0.25) is 0 Å². The van der Waals surface area contributed by atoms with Crippen molar-refractivity contribution in [1.82, 2.24) is 4.98 Å². The highest BCUT2D eigenvalue weighted by Crippen LogP contribution is 2.33. The van der Waals surface area contributed by atoms with Crippen LogP contribution in [0.4, 0.5) is 9.52 Å². The number of carbonyl (C=O) groups excluding carboxylic acids is 1. The molecule has 1 aliphatic carbocycles. The SMILES string of the molecule is O=C(Nc1nc2ccc(F)cc2s1)/C(=N/O[C@@H]1CCOC1)c1ccc(S(=O)(=O)C2CC2)cc1. The van der Waals surface area contributed by atoms with Crippen molar-refractivity contribution in [3.05, 3.63) is 53.8 Å². The summed E-state index contributed by atoms with van der Waals surface area (Å²) in [6.07, 6.45) is 1.72. The summed E-state index contributed by atoms with van der Waals surface area (Å²) in [5.41, 5.74) is 0.931. The number of amides is 1. The van der Waals surface area contributed by atoms with Crippen LogP contribution >= 0.6 is 11.3 Å². The van der Waals surface area contributed by atoms with E-state index < -0.39 is 15.7 Å². The minimum Gasteiger partial charge on any atom is -0.389 e. The highest BCUT2D eigenvalue weighted by atomic mass is 32.2. The van der Waals surface area contributed by atoms with Crippen LogP contribution < -0.4 is 5.32 Å². The molecule has 2 aromatic carbocycles. The number of benzene rings is 2. The van der Waals surface area contributed by atoms with Gasteiger partial charge in [-0.1, -0.05) is 28.6 Å². The molecule has 2 heterocycles. The van der Waals surface area contributed by atoms with Crippen LogP contribution in [0.2, 0.25) is 0 Å². The van der Waals surface area contributed by atoms with E-state index in [9.17, 15) is 17.6 Å². The second-order valence-electron chi connectivity index (χ2n) is 7.88. The first-order valence-corrected chi connectivity index (χ1v) is 12.8. The number of hydrogen-bond acceptors (Lipinski definition) is 8. The second kappa shape index (κ2) is 8.81. The number of rotatable bonds is 7. The fourth-order valence-corrected chi connectivity index (χ4v) is 5.97. The van der Waals surface area contributed by atoms with Gasteiger partial charge in [-0.3, -0.25) is 10.1 Å². The third kappa shape index (κ3) is 4.75. The molecule has 1 aromatic heterocycles. The van der Waals surface area contributed by atoms with Gasteiger partial charge in [0.1, 0.15) is 5.82 Å². The summed E-state index contributed by atoms with van der Waals surface area (Å²) in [5, 5.41) is 6.71. The van der Waals surface area contributed by atoms with Crippen LogP contribution in [0.1, 0.15) is 24.8 Å². The van der Waals surface area contributed by atoms with E-state index in [0.29, 0.717) is 48.3 Å². The van der Waals surface area contributed by atoms with E-state index in [1.165, 1.54) is 42.5 Å². The summed E-state index contributed by atoms with van der Waals surface area (Å²) in [6, 6.07) is 10.2. The smallest absolute Gasteiger partial charge is 0.280 e. The van der Waals surface area contributed by atoms with Crippen molar-refractivity contribution in [3.63, 3.8) is 0 Å². The minimum absolute atomic E-state index is 0.0253. The van der Waals surface area contributed by atoms with E-state index in [1.807, 2.05) is 0 Å². The lowest BCUT2D eigenvalue weighted by atomic mass is 10.1. The first-order chi connectivity index (χ1) is 15.9. The van der Waals surface area contributed by atoms with Gasteiger partial charge in [-0.2, -0.15) is 0 Å². The third-order valence-electron chi connectivity index (χ3n) is 5.39. The Bertz CT molecular complexity index is 1330. The fraction of sp³-hybridized carbons (Fsp3) is 0.318. The van der Waals surface area contributed by atoms with Crippen molar-refractivity contribution in [2.45, 2.75) is 35.5 Å². The molecule has 1 saturated carbocycles. The van der Waals surface area contributed by atoms with E-state index in [1.54, 1.807) is 0 Å². The molecule has 5 rings (SSSR count). The number of sulfone groups is 1. The van der Waals surface area contributed by atoms with Crippen molar-refractivity contribution in [3.8, 4) is 0 Å². The maximum absolute atomic E-state index is 13.5. The average Bonchev–Trinajstić information content (AvgIpc) is 3.40. The Kier molecular flexibility index (Phi) is 5.85. The Hall–Kier alpha value is -2.89. The zero-order valence-corrected chi connectivity index (χ0v) is 19.0. The van der Waals surface area contributed by atoms with Crippen LogP contribution in [-0.4, -0.2) is 49.6 Å². The first kappa shape index (κ1) is 21.9. The standard InChI is InChI=1S/C22H20FN3O5S2/c23-14-3-8-18-19(11-14)32-22(24-18)25-21(27)20(26-31-15-9-10-30-12-15)13-1-4-16(5-2-13)33(28,29)17-6-7-17/h1-5,8,11,15,17H,6-7,9-10,12H2,(H,24,25,27)/b26-20+/t15-/m1/s1. The second-order valence-corrected chi connectivity index (χ2v) is 11.1. The number of ether oxygens (including phenoxy) is 1. The van der Waals surface area contributed by atoms with Gasteiger partial charge < -0.3 is 9.57 Å². The number of nitrogens with zero attached hydrogens (tertiary/aromatic N) is 2. The van der Waals surface area contributed by atoms with E-state index in [-0.39, 0.29) is 32.9 Å². The Balaban J connectivity index is 1.41. The molecule has 1 amide bonds. The Morgan fingerprint density at radius 1 is 1.18 bits per heavy atom. The third-order valence-corrected chi connectivity index (χ3v) is 8.60. The van der Waals surface area contributed by atoms with Gasteiger partial charge >= 0.3 is 0 Å². The topological polar surface area (TPSA) is 107 Å². The minimum atomic E-state index is -3.35. The van der Waals surface area contributed by atoms with Gasteiger partial charge in [0.25, 0.3) is 5.91 Å². The summed E-state index contributed by atoms with van der Waals surface area (Å²) in [6.45, 7) is 0.929. The number of anilines is 1. The summed E-state index contributed by atoms with van der Waals surface area (Å²) < 4.78 is 44.3. The van der Waals surface area contributed by atoms with Gasteiger partial charge in [0.05, 0.1) is 33.6 Å². The summed E-state index contributed by atoms with van der Waals surface area (Å²) in [5.74, 6) is -0.967. The molecule has 172 valence electrons. The van der Waals surface area contributed by atoms with Gasteiger partial charge in [-0.25, -0.2) is 17.8 Å². The molecule has 1 atom stereocenters. The Labute approximate surface area is 193 Å². The van der Waals surface area contributed by atoms with E-state index in [2.05, 4.69) is 15.5 Å². The predicted molar refractivity (Wildman–Crippen MR) is 122 cm³/mol. The van der Waals surface area contributed by atoms with Crippen molar-refractivity contribution in [1.29, 1.82) is 0 Å². The van der Waals surface area contributed by atoms with Crippen LogP contribution in [0.5, 0.6) is 0 Å². The molecule has 33 heavy (non-hydrogen) atoms. The molecule has 0 radical (unpaired) electrons. The summed E-state index contributed by atoms with van der Waals surface area (Å²) >= 11 is 1.13. The van der Waals surface area contributed by atoms with Crippen LogP contribution in [0.15, 0.2) is 52.5 Å². The average molecular weight is 490 g/mol. The molecule has 1 N–H and O–H groups in total. The number of aromatic nitrogens is 1. The van der Waals surface area contributed by atoms with E-state index in [4.69, 9.17) is 9.57 Å². The lowest BCUT2D eigenvalue weighted by molar-refractivity contribution is -0.110. The van der Waals surface area contributed by atoms with Gasteiger partial charge in [0, 0.05) is 12.0 Å². The predicted octanol–water partition coefficient (Wildman–Crippen LogP) is 3.52. The zero-order valence-electron chi connectivity index (χ0n) is 17.4. The molecule has 1 aliphatic heterocycles. The van der Waals surface area contributed by atoms with Gasteiger partial charge in [-0.15, -0.1) is 0 Å². The maximum Gasteiger partial charge on any atom is 0.280 e. The normalized spacial score (nSPS) is 19.1. The summed E-state index contributed by atoms with van der Waals surface area (Å²) in [7, 11) is -3.35. The Morgan fingerprint density at radius 2 is 1.97 bits per heavy atom. The molecule has 1 saturated heterocycles. The molecule has 0 bridgehead atoms. The van der Waals surface area contributed by atoms with Crippen LogP contribution in [-0.2, 0) is 24.2 Å². The van der Waals surface area contributed by atoms with Crippen molar-refractivity contribution in [2.75, 3.05) is 18.5 Å². The number of nitrogens with one attached hydrogen (secondary N) is 1. The number of carbonyl (C=O) groups is 1. The lowest BCUT2D eigenvalue weighted by Crippen LogP contribution is -2.25. The van der Waals surface area contributed by atoms with Gasteiger partial charge in [-0.05, 0) is 43.2 Å². The Morgan fingerprint density at radius 3 is 2.67 bits per heavy atom. The van der Waals surface area contributed by atoms with Crippen molar-refractivity contribution >= 4 is 48.1 Å². The van der Waals surface area contributed by atoms with Crippen LogP contribution in [0, 0.1) is 5.82 Å². The molecular weight excluding hydrogens is 469 g/mol. The largest absolute Gasteiger partial charge is 0.389 e. The quantitative estimate of drug-likeness (QED) is 0.402. The monoisotopic (exact) mass is 489 g/mol. The molecule has 2 aliphatic rings. The van der Waals surface area contributed by atoms with Gasteiger partial charge in [0.15, 0.2) is 26.8 Å². The van der Waals surface area contributed by atoms with Crippen LogP contribution in [0.25, 0.3) is 10.2 Å². The maximum atomic E-state index is 13.5. The number of hydrogen-bond donors (Lipinski definition) is 1. The van der Waals surface area contributed by atoms with Crippen LogP contribution in [0.3, 0.4) is 0 Å². The van der Waals surface area contributed by atoms with Crippen molar-refractivity contribution in [2.24, 2.45) is 5.16 Å². The molecule has 3 aromatic rings. The summed E-state index contributed by atoms with van der Waals surface area (Å²) in [4.78, 5) is 23.1. The molecule has 11 heteroatoms. The van der Waals surface area contributed by atoms with E-state index in [0.717, 1.165) is 11.3 Å². The molecular formula is C22H20FN3O5S2. The molecule has 8 nitrogen and oxygen atoms in total. The molecule has 0 unspecified atom stereocenters. The zero-order chi connectivity index (χ0) is 23.0. The highest BCUT2D eigenvalue weighted by Gasteiger charge is 2.36. The number of halogens is 1. The van der Waals surface area contributed by atoms with E-state index >= 15 is 0 Å². The molecule has 0 spiro atoms. The highest BCUT2D eigenvalue weighted by molar-refractivity contribution is 7.92. The van der Waals surface area contributed by atoms with Crippen molar-refractivity contribution < 1.29 is 27.2 Å². The number of thiazole rings is 1. The first-order valence-electron chi connectivity index (χ1n) is 10.4.